The van der Waals surface area contributed by atoms with Gasteiger partial charge in [-0.05, 0) is 44.4 Å². The Kier molecular flexibility index (Phi) is 12.7. The van der Waals surface area contributed by atoms with E-state index in [1.54, 1.807) is 12.5 Å². The molecule has 0 radical (unpaired) electrons. The van der Waals surface area contributed by atoms with Gasteiger partial charge >= 0.3 is 5.97 Å². The summed E-state index contributed by atoms with van der Waals surface area (Å²) >= 11 is 9.06. The lowest BCUT2D eigenvalue weighted by Crippen LogP contribution is -2.30. The van der Waals surface area contributed by atoms with Gasteiger partial charge in [-0.2, -0.15) is 0 Å². The number of ether oxygens (including phenoxy) is 4. The Bertz CT molecular complexity index is 1280. The van der Waals surface area contributed by atoms with E-state index in [9.17, 15) is 14.7 Å². The molecule has 18 heteroatoms. The van der Waals surface area contributed by atoms with Gasteiger partial charge in [0.25, 0.3) is 0 Å². The number of aliphatic hydroxyl groups excluding tert-OH is 3. The molecule has 0 unspecified atom stereocenters. The standard InChI is InChI=1S/C13H15BrN2O4S.C6H5BrN2O2S.C6H10O4/c1-21-13-15-3-7(14)10(16-13)8(17)2-6-4-19-12-9(18)5-20-11(6)12;1-12-6-8-2-3(7)4(9-6)5(10)11;7-3-1-9-6-4(8)2-10-5(3)6/h3,6,9,11-12,18H,2,4-5H2,1H3;2H,1H3,(H,10,11);3-8H,1-2H2/t6-,9-,11+,12+;;3-,4+,5-,6-/m0.1/s1. The highest BCUT2D eigenvalue weighted by molar-refractivity contribution is 9.10. The van der Waals surface area contributed by atoms with Gasteiger partial charge in [-0.3, -0.25) is 4.79 Å². The van der Waals surface area contributed by atoms with Gasteiger partial charge in [0, 0.05) is 24.7 Å². The summed E-state index contributed by atoms with van der Waals surface area (Å²) in [4.78, 5) is 39.1. The molecule has 0 aliphatic carbocycles. The minimum absolute atomic E-state index is 0.00523. The van der Waals surface area contributed by atoms with E-state index in [4.69, 9.17) is 34.3 Å². The van der Waals surface area contributed by atoms with E-state index in [0.717, 1.165) is 0 Å². The lowest BCUT2D eigenvalue weighted by atomic mass is 9.95. The van der Waals surface area contributed by atoms with Crippen LogP contribution in [0.15, 0.2) is 31.7 Å². The highest BCUT2D eigenvalue weighted by Crippen LogP contribution is 2.34. The molecule has 0 amide bonds. The predicted octanol–water partition coefficient (Wildman–Crippen LogP) is 1.47. The summed E-state index contributed by atoms with van der Waals surface area (Å²) in [6.45, 7) is 1.27. The van der Waals surface area contributed by atoms with Crippen molar-refractivity contribution in [2.75, 3.05) is 38.9 Å². The van der Waals surface area contributed by atoms with E-state index < -0.39 is 24.3 Å². The molecule has 43 heavy (non-hydrogen) atoms. The summed E-state index contributed by atoms with van der Waals surface area (Å²) in [7, 11) is 0. The maximum Gasteiger partial charge on any atom is 0.355 e. The van der Waals surface area contributed by atoms with E-state index in [1.807, 2.05) is 6.26 Å². The molecule has 6 rings (SSSR count). The van der Waals surface area contributed by atoms with Gasteiger partial charge in [-0.1, -0.05) is 23.5 Å². The summed E-state index contributed by atoms with van der Waals surface area (Å²) in [5.41, 5.74) is 0.380. The van der Waals surface area contributed by atoms with Crippen LogP contribution in [0.1, 0.15) is 27.4 Å². The minimum atomic E-state index is -1.06. The third-order valence-electron chi connectivity index (χ3n) is 6.85. The second-order valence-electron chi connectivity index (χ2n) is 9.69. The number of carboxylic acid groups (broad SMARTS) is 1. The summed E-state index contributed by atoms with van der Waals surface area (Å²) in [6, 6.07) is 0. The van der Waals surface area contributed by atoms with Crippen LogP contribution in [0.2, 0.25) is 0 Å². The van der Waals surface area contributed by atoms with Gasteiger partial charge in [0.05, 0.1) is 41.5 Å². The molecular weight excluding hydrogens is 740 g/mol. The third kappa shape index (κ3) is 8.49. The monoisotopic (exact) mass is 768 g/mol. The molecule has 14 nitrogen and oxygen atoms in total. The van der Waals surface area contributed by atoms with Gasteiger partial charge in [-0.25, -0.2) is 24.7 Å². The predicted molar refractivity (Wildman–Crippen MR) is 159 cm³/mol. The van der Waals surface area contributed by atoms with Crippen LogP contribution in [0.5, 0.6) is 0 Å². The van der Waals surface area contributed by atoms with Crippen molar-refractivity contribution in [1.82, 2.24) is 19.9 Å². The Hall–Kier alpha value is -1.32. The number of aromatic nitrogens is 4. The van der Waals surface area contributed by atoms with Gasteiger partial charge in [0.15, 0.2) is 21.8 Å². The smallest absolute Gasteiger partial charge is 0.355 e. The molecular formula is C25H30Br2N4O10S2. The first-order valence-corrected chi connectivity index (χ1v) is 17.0. The number of carbonyl (C=O) groups excluding carboxylic acids is 1. The van der Waals surface area contributed by atoms with Crippen LogP contribution in [0, 0.1) is 5.92 Å². The van der Waals surface area contributed by atoms with Gasteiger partial charge in [-0.15, -0.1) is 0 Å². The number of halogens is 2. The van der Waals surface area contributed by atoms with Crippen LogP contribution < -0.4 is 0 Å². The third-order valence-corrected chi connectivity index (χ3v) is 9.14. The molecule has 4 aliphatic rings. The average molecular weight is 770 g/mol. The van der Waals surface area contributed by atoms with E-state index in [2.05, 4.69) is 51.8 Å². The number of carbonyl (C=O) groups is 2. The van der Waals surface area contributed by atoms with Crippen molar-refractivity contribution >= 4 is 67.1 Å². The summed E-state index contributed by atoms with van der Waals surface area (Å²) in [5.74, 6) is -1.17. The summed E-state index contributed by atoms with van der Waals surface area (Å²) < 4.78 is 22.2. The lowest BCUT2D eigenvalue weighted by Gasteiger charge is -2.15. The summed E-state index contributed by atoms with van der Waals surface area (Å²) in [6.07, 6.45) is 4.16. The first-order chi connectivity index (χ1) is 20.5. The molecule has 4 saturated heterocycles. The molecule has 4 aliphatic heterocycles. The van der Waals surface area contributed by atoms with E-state index in [1.165, 1.54) is 29.7 Å². The van der Waals surface area contributed by atoms with Crippen LogP contribution >= 0.6 is 55.4 Å². The average Bonchev–Trinajstić information content (AvgIpc) is 3.76. The van der Waals surface area contributed by atoms with Gasteiger partial charge in [0.1, 0.15) is 42.3 Å². The number of thioether (sulfide) groups is 2. The van der Waals surface area contributed by atoms with Crippen molar-refractivity contribution < 1.29 is 49.0 Å². The first-order valence-electron chi connectivity index (χ1n) is 12.9. The number of Topliss-reactive ketones (excluding diaryl/α,β-unsaturated/α-hetero) is 1. The molecule has 4 N–H and O–H groups in total. The van der Waals surface area contributed by atoms with Crippen LogP contribution in [0.3, 0.4) is 0 Å². The number of aliphatic hydroxyl groups is 3. The van der Waals surface area contributed by atoms with Crippen molar-refractivity contribution in [3.8, 4) is 0 Å². The van der Waals surface area contributed by atoms with Crippen molar-refractivity contribution in [2.45, 2.75) is 59.5 Å². The second kappa shape index (κ2) is 15.8. The molecule has 0 bridgehead atoms. The summed E-state index contributed by atoms with van der Waals surface area (Å²) in [5, 5.41) is 37.7. The molecule has 0 saturated carbocycles. The minimum Gasteiger partial charge on any atom is -0.476 e. The molecule has 8 atom stereocenters. The van der Waals surface area contributed by atoms with Crippen LogP contribution in [0.4, 0.5) is 0 Å². The van der Waals surface area contributed by atoms with Gasteiger partial charge in [0.2, 0.25) is 0 Å². The van der Waals surface area contributed by atoms with Crippen LogP contribution in [0.25, 0.3) is 0 Å². The number of ketones is 1. The first kappa shape index (κ1) is 34.6. The number of rotatable bonds is 6. The van der Waals surface area contributed by atoms with Gasteiger partial charge < -0.3 is 39.4 Å². The quantitative estimate of drug-likeness (QED) is 0.187. The Labute approximate surface area is 271 Å². The highest BCUT2D eigenvalue weighted by atomic mass is 79.9. The van der Waals surface area contributed by atoms with Crippen molar-refractivity contribution in [2.24, 2.45) is 5.92 Å². The largest absolute Gasteiger partial charge is 0.476 e. The Balaban J connectivity index is 0.000000162. The highest BCUT2D eigenvalue weighted by Gasteiger charge is 2.48. The lowest BCUT2D eigenvalue weighted by molar-refractivity contribution is 0.00205. The maximum atomic E-state index is 12.5. The van der Waals surface area contributed by atoms with Crippen LogP contribution in [-0.2, 0) is 18.9 Å². The second-order valence-corrected chi connectivity index (χ2v) is 12.9. The zero-order chi connectivity index (χ0) is 31.3. The van der Waals surface area contributed by atoms with E-state index in [0.29, 0.717) is 31.6 Å². The molecule has 236 valence electrons. The molecule has 6 heterocycles. The van der Waals surface area contributed by atoms with Crippen molar-refractivity contribution in [3.63, 3.8) is 0 Å². The van der Waals surface area contributed by atoms with E-state index >= 15 is 0 Å². The number of nitrogens with zero attached hydrogens (tertiary/aromatic N) is 4. The Morgan fingerprint density at radius 1 is 0.767 bits per heavy atom. The maximum absolute atomic E-state index is 12.5. The fraction of sp³-hybridized carbons (Fsp3) is 0.600. The van der Waals surface area contributed by atoms with Crippen molar-refractivity contribution in [3.05, 3.63) is 32.7 Å². The van der Waals surface area contributed by atoms with Crippen molar-refractivity contribution in [1.29, 1.82) is 0 Å². The van der Waals surface area contributed by atoms with E-state index in [-0.39, 0.29) is 68.1 Å². The molecule has 4 fully saturated rings. The fourth-order valence-corrected chi connectivity index (χ4v) is 6.23. The fourth-order valence-electron chi connectivity index (χ4n) is 4.77. The SMILES string of the molecule is CSc1ncc(Br)c(C(=O)C[C@H]2CO[C@H]3[C@@H]2OC[C@@H]3O)n1.CSc1ncc(Br)c(C(=O)O)n1.O[C@@H]1CO[C@H]2[C@@H]1OC[C@@H]2O. The molecule has 2 aromatic heterocycles. The molecule has 0 spiro atoms. The molecule has 2 aromatic rings. The topological polar surface area (TPSA) is 204 Å². The Morgan fingerprint density at radius 2 is 1.19 bits per heavy atom. The number of hydrogen-bond acceptors (Lipinski definition) is 15. The number of fused-ring (bicyclic) bond motifs is 2. The zero-order valence-electron chi connectivity index (χ0n) is 22.9. The number of carboxylic acids is 1. The number of aromatic carboxylic acids is 1. The Morgan fingerprint density at radius 3 is 1.67 bits per heavy atom. The zero-order valence-corrected chi connectivity index (χ0v) is 27.7. The number of hydrogen-bond donors (Lipinski definition) is 4. The normalized spacial score (nSPS) is 30.5. The van der Waals surface area contributed by atoms with Crippen LogP contribution in [-0.4, -0.2) is 134 Å². The molecule has 0 aromatic carbocycles.